The molecule has 0 radical (unpaired) electrons. The van der Waals surface area contributed by atoms with Crippen LogP contribution in [0.4, 0.5) is 0 Å². The third kappa shape index (κ3) is 4.32. The Balaban J connectivity index is 3.16. The highest BCUT2D eigenvalue weighted by molar-refractivity contribution is 5.60. The van der Waals surface area contributed by atoms with E-state index in [4.69, 9.17) is 5.73 Å². The molecule has 1 rings (SSSR count). The lowest BCUT2D eigenvalue weighted by molar-refractivity contribution is 0.666. The highest BCUT2D eigenvalue weighted by atomic mass is 14.9. The lowest BCUT2D eigenvalue weighted by atomic mass is 9.83. The molecule has 1 unspecified atom stereocenters. The van der Waals surface area contributed by atoms with Crippen molar-refractivity contribution >= 4 is 6.21 Å². The summed E-state index contributed by atoms with van der Waals surface area (Å²) >= 11 is 0. The summed E-state index contributed by atoms with van der Waals surface area (Å²) in [6, 6.07) is 0. The second-order valence-electron chi connectivity index (χ2n) is 5.94. The maximum atomic E-state index is 6.10. The van der Waals surface area contributed by atoms with E-state index in [2.05, 4.69) is 63.6 Å². The van der Waals surface area contributed by atoms with Gasteiger partial charge in [0, 0.05) is 11.6 Å². The molecule has 1 atom stereocenters. The first-order valence-electron chi connectivity index (χ1n) is 7.56. The third-order valence-electron chi connectivity index (χ3n) is 4.06. The van der Waals surface area contributed by atoms with Crippen LogP contribution in [0.2, 0.25) is 0 Å². The van der Waals surface area contributed by atoms with Crippen LogP contribution in [-0.4, -0.2) is 6.21 Å². The van der Waals surface area contributed by atoms with Crippen LogP contribution >= 0.6 is 0 Å². The Hall–Kier alpha value is -1.83. The normalized spacial score (nSPS) is 23.5. The van der Waals surface area contributed by atoms with Crippen LogP contribution in [0.25, 0.3) is 0 Å². The predicted octanol–water partition coefficient (Wildman–Crippen LogP) is 5.07. The van der Waals surface area contributed by atoms with E-state index in [-0.39, 0.29) is 5.41 Å². The summed E-state index contributed by atoms with van der Waals surface area (Å²) in [6.07, 6.45) is 12.6. The fourth-order valence-corrected chi connectivity index (χ4v) is 2.06. The molecule has 0 amide bonds. The minimum atomic E-state index is -0.108. The van der Waals surface area contributed by atoms with Gasteiger partial charge in [-0.3, -0.25) is 0 Å². The van der Waals surface area contributed by atoms with E-state index in [1.807, 2.05) is 13.1 Å². The molecule has 114 valence electrons. The Morgan fingerprint density at radius 3 is 2.52 bits per heavy atom. The van der Waals surface area contributed by atoms with Crippen LogP contribution in [0, 0.1) is 5.41 Å². The Bertz CT molecular complexity index is 556. The number of aliphatic imine (C=N–C) groups is 1. The summed E-state index contributed by atoms with van der Waals surface area (Å²) < 4.78 is 0. The second kappa shape index (κ2) is 7.26. The van der Waals surface area contributed by atoms with Crippen LogP contribution in [0.3, 0.4) is 0 Å². The SMILES string of the molecule is C=C(C)C1(C)C=CC(C)=C(/C(C)=C(N)\N=C\CCC)C=C1. The molecule has 0 aromatic heterocycles. The van der Waals surface area contributed by atoms with Gasteiger partial charge in [-0.1, -0.05) is 49.8 Å². The van der Waals surface area contributed by atoms with E-state index in [0.29, 0.717) is 5.82 Å². The largest absolute Gasteiger partial charge is 0.383 e. The highest BCUT2D eigenvalue weighted by Gasteiger charge is 2.20. The van der Waals surface area contributed by atoms with E-state index >= 15 is 0 Å². The molecular weight excluding hydrogens is 256 g/mol. The minimum absolute atomic E-state index is 0.108. The molecule has 0 fully saturated rings. The number of nitrogens with two attached hydrogens (primary N) is 1. The van der Waals surface area contributed by atoms with Gasteiger partial charge in [-0.05, 0) is 50.8 Å². The molecule has 0 aliphatic heterocycles. The summed E-state index contributed by atoms with van der Waals surface area (Å²) in [5.41, 5.74) is 10.5. The fraction of sp³-hybridized carbons (Fsp3) is 0.421. The molecule has 0 heterocycles. The zero-order valence-electron chi connectivity index (χ0n) is 14.0. The molecule has 2 N–H and O–H groups in total. The molecule has 21 heavy (non-hydrogen) atoms. The molecule has 0 spiro atoms. The summed E-state index contributed by atoms with van der Waals surface area (Å²) in [5, 5.41) is 0. The van der Waals surface area contributed by atoms with Gasteiger partial charge in [-0.2, -0.15) is 0 Å². The molecule has 0 aromatic carbocycles. The van der Waals surface area contributed by atoms with E-state index in [9.17, 15) is 0 Å². The van der Waals surface area contributed by atoms with Gasteiger partial charge in [0.2, 0.25) is 0 Å². The van der Waals surface area contributed by atoms with E-state index in [1.54, 1.807) is 0 Å². The van der Waals surface area contributed by atoms with E-state index in [1.165, 1.54) is 5.57 Å². The fourth-order valence-electron chi connectivity index (χ4n) is 2.06. The third-order valence-corrected chi connectivity index (χ3v) is 4.06. The Kier molecular flexibility index (Phi) is 5.95. The topological polar surface area (TPSA) is 38.4 Å². The molecular formula is C19H28N2. The van der Waals surface area contributed by atoms with Gasteiger partial charge in [0.05, 0.1) is 0 Å². The van der Waals surface area contributed by atoms with Gasteiger partial charge in [0.25, 0.3) is 0 Å². The maximum Gasteiger partial charge on any atom is 0.126 e. The number of hydrogen-bond donors (Lipinski definition) is 1. The zero-order chi connectivity index (χ0) is 16.0. The van der Waals surface area contributed by atoms with Crippen LogP contribution < -0.4 is 5.73 Å². The molecule has 0 bridgehead atoms. The van der Waals surface area contributed by atoms with Crippen LogP contribution in [-0.2, 0) is 0 Å². The number of hydrogen-bond acceptors (Lipinski definition) is 2. The average molecular weight is 284 g/mol. The zero-order valence-corrected chi connectivity index (χ0v) is 14.0. The number of unbranched alkanes of at least 4 members (excludes halogenated alkanes) is 1. The summed E-state index contributed by atoms with van der Waals surface area (Å²) in [6.45, 7) is 14.6. The second-order valence-corrected chi connectivity index (χ2v) is 5.94. The highest BCUT2D eigenvalue weighted by Crippen LogP contribution is 2.34. The lowest BCUT2D eigenvalue weighted by Gasteiger charge is -2.21. The van der Waals surface area contributed by atoms with Gasteiger partial charge in [-0.15, -0.1) is 0 Å². The summed E-state index contributed by atoms with van der Waals surface area (Å²) in [5.74, 6) is 0.592. The molecule has 1 aliphatic carbocycles. The van der Waals surface area contributed by atoms with Gasteiger partial charge in [-0.25, -0.2) is 4.99 Å². The quantitative estimate of drug-likeness (QED) is 0.555. The average Bonchev–Trinajstić information content (AvgIpc) is 2.59. The van der Waals surface area contributed by atoms with Gasteiger partial charge in [0.15, 0.2) is 0 Å². The predicted molar refractivity (Wildman–Crippen MR) is 94.2 cm³/mol. The smallest absolute Gasteiger partial charge is 0.126 e. The first kappa shape index (κ1) is 17.2. The van der Waals surface area contributed by atoms with Crippen LogP contribution in [0.1, 0.15) is 47.5 Å². The van der Waals surface area contributed by atoms with E-state index in [0.717, 1.165) is 29.6 Å². The van der Waals surface area contributed by atoms with Gasteiger partial charge in [0.1, 0.15) is 5.82 Å². The Morgan fingerprint density at radius 2 is 1.95 bits per heavy atom. The lowest BCUT2D eigenvalue weighted by Crippen LogP contribution is -2.09. The molecule has 0 saturated heterocycles. The number of rotatable bonds is 5. The van der Waals surface area contributed by atoms with Crippen molar-refractivity contribution < 1.29 is 0 Å². The maximum absolute atomic E-state index is 6.10. The molecule has 2 heteroatoms. The van der Waals surface area contributed by atoms with Gasteiger partial charge < -0.3 is 5.73 Å². The van der Waals surface area contributed by atoms with Gasteiger partial charge >= 0.3 is 0 Å². The van der Waals surface area contributed by atoms with Crippen molar-refractivity contribution in [1.82, 2.24) is 0 Å². The number of nitrogens with zero attached hydrogens (tertiary/aromatic N) is 1. The van der Waals surface area contributed by atoms with E-state index < -0.39 is 0 Å². The van der Waals surface area contributed by atoms with Crippen molar-refractivity contribution in [2.24, 2.45) is 16.1 Å². The van der Waals surface area contributed by atoms with Crippen molar-refractivity contribution in [3.05, 3.63) is 59.0 Å². The van der Waals surface area contributed by atoms with Crippen molar-refractivity contribution in [1.29, 1.82) is 0 Å². The molecule has 2 nitrogen and oxygen atoms in total. The Labute approximate surface area is 129 Å². The van der Waals surface area contributed by atoms with Crippen molar-refractivity contribution in [3.63, 3.8) is 0 Å². The number of allylic oxidation sites excluding steroid dienone is 8. The van der Waals surface area contributed by atoms with Crippen molar-refractivity contribution in [2.75, 3.05) is 0 Å². The standard InChI is InChI=1S/C19H28N2/c1-7-8-13-21-18(20)16(5)17-10-12-19(6,14(2)3)11-9-15(17)4/h9-13H,2,7-8,20H2,1,3-6H3/b18-16-,21-13+. The van der Waals surface area contributed by atoms with Crippen LogP contribution in [0.15, 0.2) is 64.0 Å². The van der Waals surface area contributed by atoms with Crippen molar-refractivity contribution in [3.8, 4) is 0 Å². The summed E-state index contributed by atoms with van der Waals surface area (Å²) in [4.78, 5) is 4.35. The monoisotopic (exact) mass is 284 g/mol. The Morgan fingerprint density at radius 1 is 1.33 bits per heavy atom. The summed E-state index contributed by atoms with van der Waals surface area (Å²) in [7, 11) is 0. The van der Waals surface area contributed by atoms with Crippen molar-refractivity contribution in [2.45, 2.75) is 47.5 Å². The minimum Gasteiger partial charge on any atom is -0.383 e. The molecule has 0 aromatic rings. The first-order valence-corrected chi connectivity index (χ1v) is 7.56. The molecule has 0 saturated carbocycles. The first-order chi connectivity index (χ1) is 9.81. The van der Waals surface area contributed by atoms with Crippen LogP contribution in [0.5, 0.6) is 0 Å². The molecule has 1 aliphatic rings.